The molecule has 148 valence electrons. The molecule has 7 nitrogen and oxygen atoms in total. The zero-order chi connectivity index (χ0) is 16.8. The van der Waals surface area contributed by atoms with Crippen molar-refractivity contribution in [2.24, 2.45) is 11.7 Å². The topological polar surface area (TPSA) is 87.9 Å². The van der Waals surface area contributed by atoms with E-state index < -0.39 is 6.04 Å². The monoisotopic (exact) mass is 398 g/mol. The molecule has 0 radical (unpaired) electrons. The minimum atomic E-state index is -0.493. The van der Waals surface area contributed by atoms with Crippen molar-refractivity contribution in [3.63, 3.8) is 0 Å². The van der Waals surface area contributed by atoms with Gasteiger partial charge in [-0.25, -0.2) is 0 Å². The molecular weight excluding hydrogens is 367 g/mol. The Kier molecular flexibility index (Phi) is 11.6. The summed E-state index contributed by atoms with van der Waals surface area (Å²) in [7, 11) is 0. The molecule has 0 aromatic carbocycles. The van der Waals surface area contributed by atoms with Crippen LogP contribution in [-0.4, -0.2) is 79.6 Å². The number of amides is 2. The summed E-state index contributed by atoms with van der Waals surface area (Å²) in [5.74, 6) is 0.346. The molecule has 0 saturated carbocycles. The number of halogens is 2. The summed E-state index contributed by atoms with van der Waals surface area (Å²) < 4.78 is 5.32. The highest BCUT2D eigenvalue weighted by Crippen LogP contribution is 2.12. The largest absolute Gasteiger partial charge is 0.379 e. The molecule has 0 aromatic rings. The average Bonchev–Trinajstić information content (AvgIpc) is 2.85. The summed E-state index contributed by atoms with van der Waals surface area (Å²) in [5, 5.41) is 2.92. The predicted molar refractivity (Wildman–Crippen MR) is 102 cm³/mol. The number of likely N-dealkylation sites (tertiary alicyclic amines) is 1. The van der Waals surface area contributed by atoms with Gasteiger partial charge in [0.05, 0.1) is 25.3 Å². The molecule has 2 amide bonds. The van der Waals surface area contributed by atoms with Crippen LogP contribution in [0.4, 0.5) is 0 Å². The van der Waals surface area contributed by atoms with E-state index in [1.54, 1.807) is 0 Å². The molecule has 0 aromatic heterocycles. The molecule has 1 unspecified atom stereocenters. The maximum absolute atomic E-state index is 12.1. The zero-order valence-electron chi connectivity index (χ0n) is 15.1. The Hall–Kier alpha value is -0.600. The number of nitrogens with one attached hydrogen (secondary N) is 1. The van der Waals surface area contributed by atoms with E-state index in [0.29, 0.717) is 31.8 Å². The first-order chi connectivity index (χ1) is 11.0. The van der Waals surface area contributed by atoms with E-state index in [-0.39, 0.29) is 42.7 Å². The second-order valence-electron chi connectivity index (χ2n) is 6.94. The van der Waals surface area contributed by atoms with Crippen molar-refractivity contribution in [2.75, 3.05) is 45.9 Å². The first-order valence-corrected chi connectivity index (χ1v) is 8.59. The van der Waals surface area contributed by atoms with Gasteiger partial charge in [-0.3, -0.25) is 14.5 Å². The van der Waals surface area contributed by atoms with Crippen LogP contribution in [0, 0.1) is 5.92 Å². The number of carbonyl (C=O) groups excluding carboxylic acids is 2. The van der Waals surface area contributed by atoms with Gasteiger partial charge in [0.1, 0.15) is 0 Å². The third-order valence-corrected chi connectivity index (χ3v) is 4.41. The van der Waals surface area contributed by atoms with Crippen LogP contribution in [0.25, 0.3) is 0 Å². The second kappa shape index (κ2) is 11.9. The molecule has 0 aliphatic carbocycles. The number of nitrogens with zero attached hydrogens (tertiary/aromatic N) is 2. The summed E-state index contributed by atoms with van der Waals surface area (Å²) in [6.45, 7) is 9.62. The Morgan fingerprint density at radius 2 is 1.92 bits per heavy atom. The van der Waals surface area contributed by atoms with Crippen LogP contribution < -0.4 is 11.1 Å². The van der Waals surface area contributed by atoms with E-state index in [9.17, 15) is 9.59 Å². The van der Waals surface area contributed by atoms with Crippen LogP contribution in [0.2, 0.25) is 0 Å². The van der Waals surface area contributed by atoms with Gasteiger partial charge in [0.2, 0.25) is 11.8 Å². The number of rotatable bonds is 7. The van der Waals surface area contributed by atoms with Crippen molar-refractivity contribution in [1.29, 1.82) is 0 Å². The summed E-state index contributed by atoms with van der Waals surface area (Å²) in [6, 6.07) is -0.606. The van der Waals surface area contributed by atoms with Gasteiger partial charge in [-0.05, 0) is 12.3 Å². The number of hydrogen-bond donors (Lipinski definition) is 2. The third kappa shape index (κ3) is 8.09. The van der Waals surface area contributed by atoms with Crippen LogP contribution in [0.15, 0.2) is 0 Å². The van der Waals surface area contributed by atoms with Gasteiger partial charge in [-0.2, -0.15) is 0 Å². The molecule has 2 heterocycles. The Balaban J connectivity index is 0.00000288. The molecule has 2 atom stereocenters. The number of nitrogens with two attached hydrogens (primary N) is 1. The highest BCUT2D eigenvalue weighted by molar-refractivity contribution is 5.86. The Morgan fingerprint density at radius 1 is 1.28 bits per heavy atom. The van der Waals surface area contributed by atoms with Crippen LogP contribution >= 0.6 is 24.8 Å². The molecule has 0 bridgehead atoms. The van der Waals surface area contributed by atoms with Crippen molar-refractivity contribution >= 4 is 36.6 Å². The first-order valence-electron chi connectivity index (χ1n) is 8.59. The fraction of sp³-hybridized carbons (Fsp3) is 0.875. The molecule has 3 N–H and O–H groups in total. The fourth-order valence-electron chi connectivity index (χ4n) is 3.09. The number of hydrogen-bond acceptors (Lipinski definition) is 5. The molecular formula is C16H32Cl2N4O3. The summed E-state index contributed by atoms with van der Waals surface area (Å²) in [4.78, 5) is 28.3. The minimum absolute atomic E-state index is 0. The average molecular weight is 399 g/mol. The van der Waals surface area contributed by atoms with Crippen molar-refractivity contribution in [3.05, 3.63) is 0 Å². The van der Waals surface area contributed by atoms with E-state index in [1.807, 2.05) is 18.7 Å². The summed E-state index contributed by atoms with van der Waals surface area (Å²) in [5.41, 5.74) is 5.89. The summed E-state index contributed by atoms with van der Waals surface area (Å²) in [6.07, 6.45) is 1.04. The van der Waals surface area contributed by atoms with Crippen LogP contribution in [0.5, 0.6) is 0 Å². The third-order valence-electron chi connectivity index (χ3n) is 4.41. The van der Waals surface area contributed by atoms with Gasteiger partial charge in [0.25, 0.3) is 0 Å². The molecule has 0 spiro atoms. The van der Waals surface area contributed by atoms with Crippen molar-refractivity contribution < 1.29 is 14.3 Å². The fourth-order valence-corrected chi connectivity index (χ4v) is 3.09. The minimum Gasteiger partial charge on any atom is -0.379 e. The molecule has 9 heteroatoms. The lowest BCUT2D eigenvalue weighted by atomic mass is 10.0. The summed E-state index contributed by atoms with van der Waals surface area (Å²) >= 11 is 0. The number of morpholine rings is 1. The Labute approximate surface area is 162 Å². The maximum Gasteiger partial charge on any atom is 0.237 e. The van der Waals surface area contributed by atoms with Gasteiger partial charge in [0.15, 0.2) is 0 Å². The molecule has 2 rings (SSSR count). The molecule has 2 aliphatic rings. The van der Waals surface area contributed by atoms with Gasteiger partial charge < -0.3 is 20.7 Å². The lowest BCUT2D eigenvalue weighted by Crippen LogP contribution is -2.47. The van der Waals surface area contributed by atoms with Gasteiger partial charge >= 0.3 is 0 Å². The van der Waals surface area contributed by atoms with Crippen molar-refractivity contribution in [1.82, 2.24) is 15.1 Å². The number of carbonyl (C=O) groups is 2. The lowest BCUT2D eigenvalue weighted by Gasteiger charge is -2.28. The SMILES string of the molecule is CC(C)C[C@H](N)C(=O)NC1CC(=O)N(CCN2CCOCC2)C1.Cl.Cl. The molecule has 2 aliphatic heterocycles. The van der Waals surface area contributed by atoms with E-state index in [4.69, 9.17) is 10.5 Å². The molecule has 2 saturated heterocycles. The zero-order valence-corrected chi connectivity index (χ0v) is 16.7. The quantitative estimate of drug-likeness (QED) is 0.641. The normalized spacial score (nSPS) is 22.3. The Morgan fingerprint density at radius 3 is 2.52 bits per heavy atom. The predicted octanol–water partition coefficient (Wildman–Crippen LogP) is 0.253. The second-order valence-corrected chi connectivity index (χ2v) is 6.94. The highest BCUT2D eigenvalue weighted by atomic mass is 35.5. The maximum atomic E-state index is 12.1. The van der Waals surface area contributed by atoms with Crippen molar-refractivity contribution in [2.45, 2.75) is 38.8 Å². The van der Waals surface area contributed by atoms with Crippen LogP contribution in [-0.2, 0) is 14.3 Å². The van der Waals surface area contributed by atoms with Gasteiger partial charge in [-0.15, -0.1) is 24.8 Å². The first kappa shape index (κ1) is 24.4. The molecule has 2 fully saturated rings. The van der Waals surface area contributed by atoms with E-state index in [0.717, 1.165) is 32.8 Å². The number of ether oxygens (including phenoxy) is 1. The molecule has 25 heavy (non-hydrogen) atoms. The van der Waals surface area contributed by atoms with Crippen molar-refractivity contribution in [3.8, 4) is 0 Å². The highest BCUT2D eigenvalue weighted by Gasteiger charge is 2.31. The van der Waals surface area contributed by atoms with E-state index >= 15 is 0 Å². The Bertz CT molecular complexity index is 420. The standard InChI is InChI=1S/C16H30N4O3.2ClH/c1-12(2)9-14(17)16(22)18-13-10-15(21)20(11-13)4-3-19-5-7-23-8-6-19;;/h12-14H,3-11,17H2,1-2H3,(H,18,22);2*1H/t13?,14-;;/m0../s1. The van der Waals surface area contributed by atoms with Gasteiger partial charge in [-0.1, -0.05) is 13.8 Å². The van der Waals surface area contributed by atoms with Crippen LogP contribution in [0.1, 0.15) is 26.7 Å². The van der Waals surface area contributed by atoms with Crippen LogP contribution in [0.3, 0.4) is 0 Å². The smallest absolute Gasteiger partial charge is 0.237 e. The lowest BCUT2D eigenvalue weighted by molar-refractivity contribution is -0.128. The van der Waals surface area contributed by atoms with Gasteiger partial charge in [0, 0.05) is 39.1 Å². The van der Waals surface area contributed by atoms with E-state index in [2.05, 4.69) is 10.2 Å². The van der Waals surface area contributed by atoms with E-state index in [1.165, 1.54) is 0 Å².